The number of rotatable bonds is 4. The van der Waals surface area contributed by atoms with Crippen molar-refractivity contribution >= 4 is 45.5 Å². The van der Waals surface area contributed by atoms with Gasteiger partial charge in [0, 0.05) is 16.3 Å². The van der Waals surface area contributed by atoms with E-state index in [-0.39, 0.29) is 24.1 Å². The van der Waals surface area contributed by atoms with Gasteiger partial charge in [-0.1, -0.05) is 17.7 Å². The highest BCUT2D eigenvalue weighted by Gasteiger charge is 2.34. The Morgan fingerprint density at radius 2 is 2.17 bits per heavy atom. The van der Waals surface area contributed by atoms with Crippen LogP contribution in [0.4, 0.5) is 0 Å². The van der Waals surface area contributed by atoms with Crippen molar-refractivity contribution in [1.29, 1.82) is 0 Å². The number of carbonyl (C=O) groups excluding carboxylic acids is 1. The number of fused-ring (bicyclic) bond motifs is 1. The van der Waals surface area contributed by atoms with Gasteiger partial charge in [0.1, 0.15) is 18.0 Å². The van der Waals surface area contributed by atoms with Crippen LogP contribution in [0.25, 0.3) is 10.9 Å². The first-order valence-corrected chi connectivity index (χ1v) is 10.5. The van der Waals surface area contributed by atoms with Crippen molar-refractivity contribution in [3.8, 4) is 0 Å². The van der Waals surface area contributed by atoms with Gasteiger partial charge in [0.25, 0.3) is 11.5 Å². The molecular weight excluding hydrogens is 424 g/mol. The van der Waals surface area contributed by atoms with E-state index in [0.29, 0.717) is 33.8 Å². The minimum Gasteiger partial charge on any atom is -0.463 e. The molecule has 0 spiro atoms. The first-order valence-electron chi connectivity index (χ1n) is 9.21. The Morgan fingerprint density at radius 3 is 2.93 bits per heavy atom. The Hall–Kier alpha value is -3.23. The number of benzene rings is 1. The highest BCUT2D eigenvalue weighted by molar-refractivity contribution is 7.10. The molecule has 3 aromatic heterocycles. The summed E-state index contributed by atoms with van der Waals surface area (Å²) in [7, 11) is 0. The molecular formula is C21H15ClN4O3S. The summed E-state index contributed by atoms with van der Waals surface area (Å²) in [5, 5.41) is 8.74. The summed E-state index contributed by atoms with van der Waals surface area (Å²) in [6, 6.07) is 12.2. The maximum Gasteiger partial charge on any atom is 0.263 e. The first kappa shape index (κ1) is 18.8. The third kappa shape index (κ3) is 3.34. The van der Waals surface area contributed by atoms with E-state index in [1.54, 1.807) is 41.9 Å². The lowest BCUT2D eigenvalue weighted by molar-refractivity contribution is -0.133. The quantitative estimate of drug-likeness (QED) is 0.480. The number of furan rings is 1. The highest BCUT2D eigenvalue weighted by Crippen LogP contribution is 2.35. The van der Waals surface area contributed by atoms with Crippen molar-refractivity contribution in [3.05, 3.63) is 86.4 Å². The number of amides is 1. The van der Waals surface area contributed by atoms with Crippen molar-refractivity contribution in [2.24, 2.45) is 5.10 Å². The average Bonchev–Trinajstić information content (AvgIpc) is 3.50. The minimum absolute atomic E-state index is 0.175. The van der Waals surface area contributed by atoms with Crippen LogP contribution in [0, 0.1) is 0 Å². The van der Waals surface area contributed by atoms with Gasteiger partial charge in [-0.05, 0) is 41.8 Å². The number of hydrazone groups is 1. The molecule has 0 aliphatic carbocycles. The Kier molecular flexibility index (Phi) is 4.72. The number of aromatic nitrogens is 2. The number of carbonyl (C=O) groups is 1. The Bertz CT molecular complexity index is 1310. The number of thiophene rings is 1. The summed E-state index contributed by atoms with van der Waals surface area (Å²) in [4.78, 5) is 31.3. The summed E-state index contributed by atoms with van der Waals surface area (Å²) in [5.74, 6) is 0.325. The second-order valence-electron chi connectivity index (χ2n) is 6.84. The van der Waals surface area contributed by atoms with Crippen LogP contribution in [0.15, 0.2) is 74.7 Å². The standard InChI is InChI=1S/C21H15ClN4O3S/c22-13-5-6-15-14(9-13)21(28)25(12-23-15)11-20(27)26-17(19-4-2-8-30-19)10-16(24-26)18-3-1-7-29-18/h1-9,12,17H,10-11H2. The van der Waals surface area contributed by atoms with Crippen LogP contribution < -0.4 is 5.56 Å². The van der Waals surface area contributed by atoms with Gasteiger partial charge < -0.3 is 4.42 Å². The van der Waals surface area contributed by atoms with E-state index in [2.05, 4.69) is 10.1 Å². The molecule has 1 unspecified atom stereocenters. The predicted octanol–water partition coefficient (Wildman–Crippen LogP) is 4.08. The Labute approximate surface area is 179 Å². The monoisotopic (exact) mass is 438 g/mol. The zero-order valence-electron chi connectivity index (χ0n) is 15.6. The lowest BCUT2D eigenvalue weighted by atomic mass is 10.1. The lowest BCUT2D eigenvalue weighted by Crippen LogP contribution is -2.33. The maximum absolute atomic E-state index is 13.2. The molecule has 0 N–H and O–H groups in total. The molecule has 9 heteroatoms. The van der Waals surface area contributed by atoms with Crippen molar-refractivity contribution in [2.45, 2.75) is 19.0 Å². The van der Waals surface area contributed by atoms with E-state index in [1.807, 2.05) is 23.6 Å². The molecule has 150 valence electrons. The van der Waals surface area contributed by atoms with Gasteiger partial charge in [-0.25, -0.2) is 9.99 Å². The zero-order valence-corrected chi connectivity index (χ0v) is 17.1. The molecule has 4 heterocycles. The molecule has 1 aliphatic rings. The summed E-state index contributed by atoms with van der Waals surface area (Å²) in [5.41, 5.74) is 0.907. The number of halogens is 1. The van der Waals surface area contributed by atoms with E-state index in [9.17, 15) is 9.59 Å². The van der Waals surface area contributed by atoms with Gasteiger partial charge in [0.2, 0.25) is 0 Å². The molecule has 1 amide bonds. The van der Waals surface area contributed by atoms with Gasteiger partial charge in [-0.2, -0.15) is 5.10 Å². The van der Waals surface area contributed by atoms with Crippen molar-refractivity contribution in [3.63, 3.8) is 0 Å². The first-order chi connectivity index (χ1) is 14.6. The number of hydrogen-bond acceptors (Lipinski definition) is 6. The SMILES string of the molecule is O=C(Cn1cnc2ccc(Cl)cc2c1=O)N1N=C(c2ccco2)CC1c1cccs1. The third-order valence-electron chi connectivity index (χ3n) is 4.93. The second-order valence-corrected chi connectivity index (χ2v) is 8.25. The van der Waals surface area contributed by atoms with Gasteiger partial charge in [0.05, 0.1) is 29.5 Å². The molecule has 0 saturated carbocycles. The second kappa shape index (κ2) is 7.55. The summed E-state index contributed by atoms with van der Waals surface area (Å²) >= 11 is 7.58. The zero-order chi connectivity index (χ0) is 20.7. The summed E-state index contributed by atoms with van der Waals surface area (Å²) in [6.07, 6.45) is 3.50. The molecule has 1 aromatic carbocycles. The number of hydrogen-bond donors (Lipinski definition) is 0. The van der Waals surface area contributed by atoms with Crippen LogP contribution in [-0.2, 0) is 11.3 Å². The molecule has 4 aromatic rings. The molecule has 0 fully saturated rings. The third-order valence-corrected chi connectivity index (χ3v) is 6.14. The van der Waals surface area contributed by atoms with Crippen LogP contribution in [-0.4, -0.2) is 26.2 Å². The molecule has 30 heavy (non-hydrogen) atoms. The highest BCUT2D eigenvalue weighted by atomic mass is 35.5. The van der Waals surface area contributed by atoms with Crippen LogP contribution >= 0.6 is 22.9 Å². The molecule has 1 aliphatic heterocycles. The van der Waals surface area contributed by atoms with E-state index >= 15 is 0 Å². The van der Waals surface area contributed by atoms with E-state index in [4.69, 9.17) is 16.0 Å². The lowest BCUT2D eigenvalue weighted by Gasteiger charge is -2.21. The van der Waals surface area contributed by atoms with Crippen molar-refractivity contribution < 1.29 is 9.21 Å². The Morgan fingerprint density at radius 1 is 1.27 bits per heavy atom. The molecule has 0 radical (unpaired) electrons. The molecule has 0 bridgehead atoms. The largest absolute Gasteiger partial charge is 0.463 e. The van der Waals surface area contributed by atoms with Crippen LogP contribution in [0.5, 0.6) is 0 Å². The molecule has 7 nitrogen and oxygen atoms in total. The van der Waals surface area contributed by atoms with Crippen LogP contribution in [0.1, 0.15) is 23.1 Å². The van der Waals surface area contributed by atoms with E-state index in [0.717, 1.165) is 4.88 Å². The average molecular weight is 439 g/mol. The summed E-state index contributed by atoms with van der Waals surface area (Å²) < 4.78 is 6.75. The van der Waals surface area contributed by atoms with Gasteiger partial charge in [-0.15, -0.1) is 11.3 Å². The maximum atomic E-state index is 13.2. The van der Waals surface area contributed by atoms with Gasteiger partial charge in [-0.3, -0.25) is 14.2 Å². The predicted molar refractivity (Wildman–Crippen MR) is 115 cm³/mol. The van der Waals surface area contributed by atoms with Crippen LogP contribution in [0.3, 0.4) is 0 Å². The van der Waals surface area contributed by atoms with Gasteiger partial charge >= 0.3 is 0 Å². The van der Waals surface area contributed by atoms with Crippen molar-refractivity contribution in [2.75, 3.05) is 0 Å². The molecule has 5 rings (SSSR count). The fraction of sp³-hybridized carbons (Fsp3) is 0.143. The molecule has 0 saturated heterocycles. The smallest absolute Gasteiger partial charge is 0.263 e. The normalized spacial score (nSPS) is 16.2. The van der Waals surface area contributed by atoms with Crippen LogP contribution in [0.2, 0.25) is 5.02 Å². The van der Waals surface area contributed by atoms with Crippen molar-refractivity contribution in [1.82, 2.24) is 14.6 Å². The fourth-order valence-corrected chi connectivity index (χ4v) is 4.48. The van der Waals surface area contributed by atoms with E-state index in [1.165, 1.54) is 15.9 Å². The number of nitrogens with zero attached hydrogens (tertiary/aromatic N) is 4. The Balaban J connectivity index is 1.48. The van der Waals surface area contributed by atoms with Gasteiger partial charge in [0.15, 0.2) is 0 Å². The fourth-order valence-electron chi connectivity index (χ4n) is 3.50. The minimum atomic E-state index is -0.321. The summed E-state index contributed by atoms with van der Waals surface area (Å²) in [6.45, 7) is -0.175. The van der Waals surface area contributed by atoms with E-state index < -0.39 is 0 Å². The molecule has 1 atom stereocenters. The topological polar surface area (TPSA) is 80.7 Å².